The molecule has 0 spiro atoms. The van der Waals surface area contributed by atoms with Gasteiger partial charge in [-0.25, -0.2) is 0 Å². The lowest BCUT2D eigenvalue weighted by molar-refractivity contribution is -0.149. The molecule has 0 fully saturated rings. The second-order valence-corrected chi connectivity index (χ2v) is 6.10. The molecule has 1 rings (SSSR count). The van der Waals surface area contributed by atoms with Gasteiger partial charge in [-0.3, -0.25) is 4.79 Å². The van der Waals surface area contributed by atoms with Crippen LogP contribution < -0.4 is 10.2 Å². The molecule has 0 saturated heterocycles. The molecule has 0 saturated carbocycles. The number of hydrogen-bond acceptors (Lipinski definition) is 7. The fourth-order valence-electron chi connectivity index (χ4n) is 1.57. The van der Waals surface area contributed by atoms with E-state index in [4.69, 9.17) is 4.74 Å². The Morgan fingerprint density at radius 2 is 1.90 bits per heavy atom. The molecule has 1 aromatic rings. The Hall–Kier alpha value is -1.92. The number of ether oxygens (including phenoxy) is 1. The molecule has 0 aliphatic carbocycles. The first-order valence-corrected chi connectivity index (χ1v) is 6.93. The number of carbonyl (C=O) groups is 1. The van der Waals surface area contributed by atoms with Gasteiger partial charge in [0.2, 0.25) is 11.9 Å². The van der Waals surface area contributed by atoms with Gasteiger partial charge in [-0.15, -0.1) is 0 Å². The lowest BCUT2D eigenvalue weighted by atomic mass is 9.94. The molecule has 7 nitrogen and oxygen atoms in total. The monoisotopic (exact) mass is 295 g/mol. The van der Waals surface area contributed by atoms with Crippen LogP contribution in [0.2, 0.25) is 0 Å². The van der Waals surface area contributed by atoms with Crippen molar-refractivity contribution in [3.63, 3.8) is 0 Å². The lowest BCUT2D eigenvalue weighted by Crippen LogP contribution is -2.33. The summed E-state index contributed by atoms with van der Waals surface area (Å²) >= 11 is 0. The SMILES string of the molecule is COC(=O)C(C)(C)CNc1nc(C(C)C)nc(N(C)C)n1. The molecule has 0 aliphatic heterocycles. The summed E-state index contributed by atoms with van der Waals surface area (Å²) in [5, 5.41) is 3.10. The van der Waals surface area contributed by atoms with E-state index in [1.165, 1.54) is 7.11 Å². The summed E-state index contributed by atoms with van der Waals surface area (Å²) in [6, 6.07) is 0. The third-order valence-corrected chi connectivity index (χ3v) is 2.98. The van der Waals surface area contributed by atoms with Crippen LogP contribution in [0, 0.1) is 5.41 Å². The maximum atomic E-state index is 11.7. The molecule has 1 N–H and O–H groups in total. The summed E-state index contributed by atoms with van der Waals surface area (Å²) in [4.78, 5) is 26.6. The van der Waals surface area contributed by atoms with E-state index in [-0.39, 0.29) is 11.9 Å². The Labute approximate surface area is 126 Å². The van der Waals surface area contributed by atoms with Crippen LogP contribution >= 0.6 is 0 Å². The number of nitrogens with zero attached hydrogens (tertiary/aromatic N) is 4. The van der Waals surface area contributed by atoms with E-state index < -0.39 is 5.41 Å². The Bertz CT molecular complexity index is 474. The summed E-state index contributed by atoms with van der Waals surface area (Å²) in [5.41, 5.74) is -0.655. The van der Waals surface area contributed by atoms with Crippen molar-refractivity contribution in [2.75, 3.05) is 38.0 Å². The maximum absolute atomic E-state index is 11.7. The van der Waals surface area contributed by atoms with Crippen molar-refractivity contribution in [1.29, 1.82) is 0 Å². The largest absolute Gasteiger partial charge is 0.469 e. The quantitative estimate of drug-likeness (QED) is 0.799. The molecule has 0 amide bonds. The molecule has 0 radical (unpaired) electrons. The third kappa shape index (κ3) is 4.54. The van der Waals surface area contributed by atoms with Gasteiger partial charge < -0.3 is 15.0 Å². The van der Waals surface area contributed by atoms with Gasteiger partial charge in [0, 0.05) is 26.6 Å². The van der Waals surface area contributed by atoms with Gasteiger partial charge in [0.25, 0.3) is 0 Å². The fraction of sp³-hybridized carbons (Fsp3) is 0.714. The van der Waals surface area contributed by atoms with Crippen molar-refractivity contribution in [2.24, 2.45) is 5.41 Å². The van der Waals surface area contributed by atoms with Crippen LogP contribution in [0.3, 0.4) is 0 Å². The number of anilines is 2. The zero-order chi connectivity index (χ0) is 16.2. The highest BCUT2D eigenvalue weighted by Gasteiger charge is 2.29. The molecule has 0 atom stereocenters. The topological polar surface area (TPSA) is 80.2 Å². The molecule has 118 valence electrons. The Morgan fingerprint density at radius 3 is 2.38 bits per heavy atom. The number of hydrogen-bond donors (Lipinski definition) is 1. The van der Waals surface area contributed by atoms with Crippen LogP contribution in [0.25, 0.3) is 0 Å². The molecule has 21 heavy (non-hydrogen) atoms. The van der Waals surface area contributed by atoms with Crippen LogP contribution in [0.1, 0.15) is 39.4 Å². The van der Waals surface area contributed by atoms with Crippen molar-refractivity contribution in [1.82, 2.24) is 15.0 Å². The summed E-state index contributed by atoms with van der Waals surface area (Å²) in [7, 11) is 5.14. The summed E-state index contributed by atoms with van der Waals surface area (Å²) in [6.45, 7) is 8.05. The average molecular weight is 295 g/mol. The maximum Gasteiger partial charge on any atom is 0.313 e. The molecule has 0 aliphatic rings. The van der Waals surface area contributed by atoms with E-state index in [9.17, 15) is 4.79 Å². The van der Waals surface area contributed by atoms with Gasteiger partial charge in [0.05, 0.1) is 12.5 Å². The molecule has 0 bridgehead atoms. The third-order valence-electron chi connectivity index (χ3n) is 2.98. The number of esters is 1. The molecule has 0 aromatic carbocycles. The van der Waals surface area contributed by atoms with Crippen LogP contribution in [0.4, 0.5) is 11.9 Å². The molecule has 1 heterocycles. The van der Waals surface area contributed by atoms with Crippen molar-refractivity contribution in [2.45, 2.75) is 33.6 Å². The Kier molecular flexibility index (Phi) is 5.46. The number of nitrogens with one attached hydrogen (secondary N) is 1. The summed E-state index contributed by atoms with van der Waals surface area (Å²) in [6.07, 6.45) is 0. The predicted molar refractivity (Wildman–Crippen MR) is 82.5 cm³/mol. The minimum atomic E-state index is -0.655. The Balaban J connectivity index is 2.95. The molecular formula is C14H25N5O2. The zero-order valence-electron chi connectivity index (χ0n) is 13.9. The van der Waals surface area contributed by atoms with E-state index in [1.54, 1.807) is 0 Å². The first-order valence-electron chi connectivity index (χ1n) is 6.93. The van der Waals surface area contributed by atoms with Crippen LogP contribution in [-0.2, 0) is 9.53 Å². The fourth-order valence-corrected chi connectivity index (χ4v) is 1.57. The number of methoxy groups -OCH3 is 1. The van der Waals surface area contributed by atoms with Gasteiger partial charge >= 0.3 is 5.97 Å². The first kappa shape index (κ1) is 17.1. The van der Waals surface area contributed by atoms with Gasteiger partial charge in [0.15, 0.2) is 0 Å². The van der Waals surface area contributed by atoms with Gasteiger partial charge in [-0.1, -0.05) is 13.8 Å². The molecule has 7 heteroatoms. The van der Waals surface area contributed by atoms with Gasteiger partial charge in [0.1, 0.15) is 5.82 Å². The van der Waals surface area contributed by atoms with Crippen LogP contribution in [0.5, 0.6) is 0 Å². The van der Waals surface area contributed by atoms with Crippen LogP contribution in [0.15, 0.2) is 0 Å². The number of carbonyl (C=O) groups excluding carboxylic acids is 1. The van der Waals surface area contributed by atoms with Crippen molar-refractivity contribution < 1.29 is 9.53 Å². The zero-order valence-corrected chi connectivity index (χ0v) is 13.9. The van der Waals surface area contributed by atoms with Crippen molar-refractivity contribution >= 4 is 17.9 Å². The highest BCUT2D eigenvalue weighted by Crippen LogP contribution is 2.19. The van der Waals surface area contributed by atoms with Gasteiger partial charge in [-0.05, 0) is 13.8 Å². The number of rotatable bonds is 6. The average Bonchev–Trinajstić information content (AvgIpc) is 2.43. The second-order valence-electron chi connectivity index (χ2n) is 6.10. The lowest BCUT2D eigenvalue weighted by Gasteiger charge is -2.22. The summed E-state index contributed by atoms with van der Waals surface area (Å²) in [5.74, 6) is 1.69. The first-order chi connectivity index (χ1) is 9.67. The highest BCUT2D eigenvalue weighted by molar-refractivity contribution is 5.76. The molecule has 0 unspecified atom stereocenters. The van der Waals surface area contributed by atoms with Crippen molar-refractivity contribution in [3.8, 4) is 0 Å². The predicted octanol–water partition coefficient (Wildman–Crippen LogP) is 1.67. The second kappa shape index (κ2) is 6.69. The minimum Gasteiger partial charge on any atom is -0.469 e. The summed E-state index contributed by atoms with van der Waals surface area (Å²) < 4.78 is 4.79. The van der Waals surface area contributed by atoms with E-state index in [2.05, 4.69) is 20.3 Å². The molecule has 1 aromatic heterocycles. The number of aromatic nitrogens is 3. The minimum absolute atomic E-state index is 0.195. The van der Waals surface area contributed by atoms with E-state index >= 15 is 0 Å². The smallest absolute Gasteiger partial charge is 0.313 e. The van der Waals surface area contributed by atoms with Crippen LogP contribution in [-0.4, -0.2) is 48.7 Å². The standard InChI is InChI=1S/C14H25N5O2/c1-9(2)10-16-12(18-13(17-10)19(5)6)15-8-14(3,4)11(20)21-7/h9H,8H2,1-7H3,(H,15,16,17,18). The van der Waals surface area contributed by atoms with E-state index in [0.717, 1.165) is 0 Å². The van der Waals surface area contributed by atoms with Gasteiger partial charge in [-0.2, -0.15) is 15.0 Å². The normalized spacial score (nSPS) is 11.4. The molecular weight excluding hydrogens is 270 g/mol. The Morgan fingerprint density at radius 1 is 1.29 bits per heavy atom. The van der Waals surface area contributed by atoms with E-state index in [1.807, 2.05) is 46.7 Å². The highest BCUT2D eigenvalue weighted by atomic mass is 16.5. The van der Waals surface area contributed by atoms with E-state index in [0.29, 0.717) is 24.3 Å². The van der Waals surface area contributed by atoms with Crippen molar-refractivity contribution in [3.05, 3.63) is 5.82 Å².